The number of nitrogens with one attached hydrogen (secondary N) is 1. The van der Waals surface area contributed by atoms with Gasteiger partial charge in [0.05, 0.1) is 7.11 Å². The van der Waals surface area contributed by atoms with E-state index in [1.165, 1.54) is 9.70 Å². The minimum atomic E-state index is -0.669. The predicted molar refractivity (Wildman–Crippen MR) is 125 cm³/mol. The molecule has 1 atom stereocenters. The van der Waals surface area contributed by atoms with Gasteiger partial charge in [-0.3, -0.25) is 14.5 Å². The van der Waals surface area contributed by atoms with Gasteiger partial charge in [0, 0.05) is 11.7 Å². The van der Waals surface area contributed by atoms with Crippen LogP contribution in [0.5, 0.6) is 5.75 Å². The Balaban J connectivity index is 1.57. The third-order valence-electron chi connectivity index (χ3n) is 6.01. The highest BCUT2D eigenvalue weighted by Crippen LogP contribution is 2.25. The lowest BCUT2D eigenvalue weighted by Gasteiger charge is -2.31. The molecule has 180 valence electrons. The van der Waals surface area contributed by atoms with Crippen LogP contribution >= 0.6 is 0 Å². The van der Waals surface area contributed by atoms with Crippen molar-refractivity contribution in [3.8, 4) is 17.3 Å². The number of aromatic nitrogens is 4. The largest absolute Gasteiger partial charge is 0.497 e. The summed E-state index contributed by atoms with van der Waals surface area (Å²) in [4.78, 5) is 29.5. The fourth-order valence-electron chi connectivity index (χ4n) is 4.25. The fourth-order valence-corrected chi connectivity index (χ4v) is 4.25. The minimum Gasteiger partial charge on any atom is -0.497 e. The van der Waals surface area contributed by atoms with Crippen LogP contribution < -0.4 is 15.0 Å². The van der Waals surface area contributed by atoms with E-state index >= 15 is 0 Å². The van der Waals surface area contributed by atoms with Crippen LogP contribution in [0.4, 0.5) is 5.69 Å². The van der Waals surface area contributed by atoms with Crippen molar-refractivity contribution in [2.45, 2.75) is 64.6 Å². The second kappa shape index (κ2) is 10.5. The number of anilines is 1. The van der Waals surface area contributed by atoms with E-state index in [-0.39, 0.29) is 24.4 Å². The molecule has 1 aromatic carbocycles. The second-order valence-corrected chi connectivity index (χ2v) is 8.43. The Hall–Kier alpha value is -3.69. The van der Waals surface area contributed by atoms with E-state index in [0.717, 1.165) is 31.4 Å². The molecule has 0 unspecified atom stereocenters. The summed E-state index contributed by atoms with van der Waals surface area (Å²) < 4.78 is 10.8. The standard InChI is InChI=1S/C24H30N6O4/c1-4-20(24(32)25-17-7-5-6-8-17)30(18-10-12-19(33-3)13-11-18)22(31)15-29-27-23(26-28-29)21-14-9-16(2)34-21/h9-14,17,20H,4-8,15H2,1-3H3,(H,25,32)/t20-/m1/s1. The zero-order valence-electron chi connectivity index (χ0n) is 19.7. The first kappa shape index (κ1) is 23.5. The van der Waals surface area contributed by atoms with Crippen LogP contribution in [-0.2, 0) is 16.1 Å². The lowest BCUT2D eigenvalue weighted by atomic mass is 10.1. The highest BCUT2D eigenvalue weighted by atomic mass is 16.5. The Morgan fingerprint density at radius 3 is 2.56 bits per heavy atom. The molecule has 34 heavy (non-hydrogen) atoms. The van der Waals surface area contributed by atoms with E-state index in [2.05, 4.69) is 20.7 Å². The number of rotatable bonds is 9. The van der Waals surface area contributed by atoms with Crippen molar-refractivity contribution in [3.63, 3.8) is 0 Å². The van der Waals surface area contributed by atoms with Crippen LogP contribution in [-0.4, -0.2) is 51.2 Å². The Labute approximate surface area is 198 Å². The SMILES string of the molecule is CC[C@H](C(=O)NC1CCCC1)N(C(=O)Cn1nnc(-c2ccc(C)o2)n1)c1ccc(OC)cc1. The molecule has 1 fully saturated rings. The van der Waals surface area contributed by atoms with E-state index in [0.29, 0.717) is 29.4 Å². The van der Waals surface area contributed by atoms with Gasteiger partial charge in [-0.25, -0.2) is 0 Å². The molecule has 2 amide bonds. The summed E-state index contributed by atoms with van der Waals surface area (Å²) in [5, 5.41) is 15.4. The van der Waals surface area contributed by atoms with Gasteiger partial charge in [0.2, 0.25) is 11.7 Å². The molecule has 0 radical (unpaired) electrons. The van der Waals surface area contributed by atoms with E-state index in [1.807, 2.05) is 13.8 Å². The third kappa shape index (κ3) is 5.27. The van der Waals surface area contributed by atoms with Crippen molar-refractivity contribution < 1.29 is 18.7 Å². The molecular weight excluding hydrogens is 436 g/mol. The van der Waals surface area contributed by atoms with Gasteiger partial charge in [0.1, 0.15) is 24.1 Å². The highest BCUT2D eigenvalue weighted by Gasteiger charge is 2.32. The molecule has 0 aliphatic heterocycles. The second-order valence-electron chi connectivity index (χ2n) is 8.43. The molecule has 3 aromatic rings. The van der Waals surface area contributed by atoms with Gasteiger partial charge in [0.15, 0.2) is 5.76 Å². The van der Waals surface area contributed by atoms with E-state index < -0.39 is 6.04 Å². The van der Waals surface area contributed by atoms with Gasteiger partial charge >= 0.3 is 0 Å². The zero-order valence-corrected chi connectivity index (χ0v) is 19.7. The van der Waals surface area contributed by atoms with E-state index in [1.54, 1.807) is 43.5 Å². The predicted octanol–water partition coefficient (Wildman–Crippen LogP) is 3.12. The summed E-state index contributed by atoms with van der Waals surface area (Å²) in [5.41, 5.74) is 0.598. The topological polar surface area (TPSA) is 115 Å². The molecule has 0 spiro atoms. The minimum absolute atomic E-state index is 0.156. The molecule has 1 aliphatic rings. The molecule has 4 rings (SSSR count). The molecule has 2 aromatic heterocycles. The van der Waals surface area contributed by atoms with Crippen molar-refractivity contribution in [1.82, 2.24) is 25.5 Å². The van der Waals surface area contributed by atoms with Crippen LogP contribution in [0.3, 0.4) is 0 Å². The fraction of sp³-hybridized carbons (Fsp3) is 0.458. The number of aryl methyl sites for hydroxylation is 1. The Morgan fingerprint density at radius 2 is 1.94 bits per heavy atom. The smallest absolute Gasteiger partial charge is 0.251 e. The Kier molecular flexibility index (Phi) is 7.24. The first-order valence-corrected chi connectivity index (χ1v) is 11.6. The van der Waals surface area contributed by atoms with Crippen LogP contribution in [0.1, 0.15) is 44.8 Å². The lowest BCUT2D eigenvalue weighted by Crippen LogP contribution is -2.52. The molecular formula is C24H30N6O4. The maximum absolute atomic E-state index is 13.5. The van der Waals surface area contributed by atoms with E-state index in [4.69, 9.17) is 9.15 Å². The number of carbonyl (C=O) groups is 2. The van der Waals surface area contributed by atoms with Crippen molar-refractivity contribution in [2.75, 3.05) is 12.0 Å². The van der Waals surface area contributed by atoms with Gasteiger partial charge in [-0.05, 0) is 67.8 Å². The summed E-state index contributed by atoms with van der Waals surface area (Å²) in [6.45, 7) is 3.55. The molecule has 1 N–H and O–H groups in total. The van der Waals surface area contributed by atoms with Crippen molar-refractivity contribution >= 4 is 17.5 Å². The molecule has 1 saturated carbocycles. The quantitative estimate of drug-likeness (QED) is 0.515. The first-order chi connectivity index (χ1) is 16.5. The first-order valence-electron chi connectivity index (χ1n) is 11.6. The lowest BCUT2D eigenvalue weighted by molar-refractivity contribution is -0.127. The number of tetrazole rings is 1. The number of furan rings is 1. The number of benzene rings is 1. The van der Waals surface area contributed by atoms with Crippen LogP contribution in [0.15, 0.2) is 40.8 Å². The number of hydrogen-bond acceptors (Lipinski definition) is 7. The summed E-state index contributed by atoms with van der Waals surface area (Å²) in [5.74, 6) is 1.69. The molecule has 2 heterocycles. The number of carbonyl (C=O) groups excluding carboxylic acids is 2. The van der Waals surface area contributed by atoms with Gasteiger partial charge in [0.25, 0.3) is 5.91 Å². The third-order valence-corrected chi connectivity index (χ3v) is 6.01. The van der Waals surface area contributed by atoms with E-state index in [9.17, 15) is 9.59 Å². The van der Waals surface area contributed by atoms with Crippen molar-refractivity contribution in [1.29, 1.82) is 0 Å². The monoisotopic (exact) mass is 466 g/mol. The summed E-state index contributed by atoms with van der Waals surface area (Å²) >= 11 is 0. The van der Waals surface area contributed by atoms with Gasteiger partial charge in [-0.15, -0.1) is 10.2 Å². The van der Waals surface area contributed by atoms with Crippen molar-refractivity contribution in [3.05, 3.63) is 42.2 Å². The Bertz CT molecular complexity index is 1120. The average Bonchev–Trinajstić information content (AvgIpc) is 3.60. The van der Waals surface area contributed by atoms with Crippen molar-refractivity contribution in [2.24, 2.45) is 0 Å². The van der Waals surface area contributed by atoms with Gasteiger partial charge in [-0.2, -0.15) is 4.80 Å². The summed E-state index contributed by atoms with van der Waals surface area (Å²) in [7, 11) is 1.58. The number of amides is 2. The maximum Gasteiger partial charge on any atom is 0.251 e. The average molecular weight is 467 g/mol. The van der Waals surface area contributed by atoms with Crippen LogP contribution in [0.2, 0.25) is 0 Å². The maximum atomic E-state index is 13.5. The molecule has 0 saturated heterocycles. The van der Waals surface area contributed by atoms with Gasteiger partial charge in [-0.1, -0.05) is 19.8 Å². The summed E-state index contributed by atoms with van der Waals surface area (Å²) in [6, 6.07) is 10.1. The summed E-state index contributed by atoms with van der Waals surface area (Å²) in [6.07, 6.45) is 4.61. The van der Waals surface area contributed by atoms with Crippen LogP contribution in [0.25, 0.3) is 11.6 Å². The Morgan fingerprint density at radius 1 is 1.21 bits per heavy atom. The van der Waals surface area contributed by atoms with Crippen LogP contribution in [0, 0.1) is 6.92 Å². The van der Waals surface area contributed by atoms with Gasteiger partial charge < -0.3 is 14.5 Å². The molecule has 0 bridgehead atoms. The molecule has 10 nitrogen and oxygen atoms in total. The number of methoxy groups -OCH3 is 1. The zero-order chi connectivity index (χ0) is 24.1. The normalized spacial score (nSPS) is 14.7. The number of hydrogen-bond donors (Lipinski definition) is 1. The number of ether oxygens (including phenoxy) is 1. The highest BCUT2D eigenvalue weighted by molar-refractivity contribution is 6.00. The molecule has 10 heteroatoms. The number of nitrogens with zero attached hydrogens (tertiary/aromatic N) is 5. The molecule has 1 aliphatic carbocycles.